The minimum atomic E-state index is -4.32. The number of benzene rings is 1. The highest BCUT2D eigenvalue weighted by Crippen LogP contribution is 2.22. The van der Waals surface area contributed by atoms with Gasteiger partial charge in [-0.15, -0.1) is 0 Å². The Kier molecular flexibility index (Phi) is 4.21. The highest BCUT2D eigenvalue weighted by Gasteiger charge is 2.30. The molecule has 1 atom stereocenters. The monoisotopic (exact) mass is 261 g/mol. The number of hydrogen-bond acceptors (Lipinski definition) is 2. The number of rotatable bonds is 3. The molecule has 0 saturated heterocycles. The minimum Gasteiger partial charge on any atom is -0.508 e. The molecule has 1 aromatic carbocycles. The van der Waals surface area contributed by atoms with Gasteiger partial charge in [0.1, 0.15) is 5.75 Å². The van der Waals surface area contributed by atoms with Crippen LogP contribution < -0.4 is 5.32 Å². The Bertz CT molecular complexity index is 443. The molecule has 0 heterocycles. The first kappa shape index (κ1) is 14.3. The summed E-state index contributed by atoms with van der Waals surface area (Å²) < 4.78 is 36.3. The maximum absolute atomic E-state index is 12.1. The van der Waals surface area contributed by atoms with Crippen molar-refractivity contribution in [3.63, 3.8) is 0 Å². The first-order valence-corrected chi connectivity index (χ1v) is 5.37. The number of nitrogens with one attached hydrogen (secondary N) is 1. The maximum atomic E-state index is 12.1. The molecule has 1 unspecified atom stereocenters. The van der Waals surface area contributed by atoms with E-state index in [1.165, 1.54) is 32.0 Å². The summed E-state index contributed by atoms with van der Waals surface area (Å²) in [6, 6.07) is 3.31. The largest absolute Gasteiger partial charge is 0.508 e. The van der Waals surface area contributed by atoms with E-state index in [4.69, 9.17) is 0 Å². The number of alkyl halides is 3. The molecule has 0 radical (unpaired) electrons. The maximum Gasteiger partial charge on any atom is 0.391 e. The zero-order valence-electron chi connectivity index (χ0n) is 10.0. The van der Waals surface area contributed by atoms with Crippen molar-refractivity contribution in [2.75, 3.05) is 0 Å². The van der Waals surface area contributed by atoms with Crippen molar-refractivity contribution < 1.29 is 23.1 Å². The fourth-order valence-corrected chi connectivity index (χ4v) is 1.57. The standard InChI is InChI=1S/C12H14F3NO2/c1-7(6-12(13,14)15)16-11(18)9-4-3-5-10(17)8(9)2/h3-5,7,17H,6H2,1-2H3,(H,16,18). The van der Waals surface area contributed by atoms with Gasteiger partial charge in [-0.25, -0.2) is 0 Å². The number of hydrogen-bond donors (Lipinski definition) is 2. The Labute approximate surface area is 103 Å². The molecule has 0 saturated carbocycles. The Hall–Kier alpha value is -1.72. The lowest BCUT2D eigenvalue weighted by atomic mass is 10.1. The third-order valence-electron chi connectivity index (χ3n) is 2.46. The first-order chi connectivity index (χ1) is 8.20. The lowest BCUT2D eigenvalue weighted by Gasteiger charge is -2.16. The van der Waals surface area contributed by atoms with Crippen molar-refractivity contribution in [2.45, 2.75) is 32.5 Å². The van der Waals surface area contributed by atoms with Gasteiger partial charge in [0, 0.05) is 17.2 Å². The molecule has 0 aliphatic heterocycles. The van der Waals surface area contributed by atoms with E-state index in [-0.39, 0.29) is 11.3 Å². The van der Waals surface area contributed by atoms with Gasteiger partial charge >= 0.3 is 6.18 Å². The molecular formula is C12H14F3NO2. The van der Waals surface area contributed by atoms with Crippen LogP contribution in [0.4, 0.5) is 13.2 Å². The summed E-state index contributed by atoms with van der Waals surface area (Å²) in [6.07, 6.45) is -5.41. The third-order valence-corrected chi connectivity index (χ3v) is 2.46. The highest BCUT2D eigenvalue weighted by atomic mass is 19.4. The molecule has 0 fully saturated rings. The Balaban J connectivity index is 2.74. The van der Waals surface area contributed by atoms with Gasteiger partial charge in [-0.2, -0.15) is 13.2 Å². The predicted octanol–water partition coefficient (Wildman–Crippen LogP) is 2.77. The van der Waals surface area contributed by atoms with Crippen LogP contribution in [0.3, 0.4) is 0 Å². The van der Waals surface area contributed by atoms with Gasteiger partial charge in [-0.1, -0.05) is 6.07 Å². The molecule has 1 amide bonds. The minimum absolute atomic E-state index is 0.0638. The number of carbonyl (C=O) groups excluding carboxylic acids is 1. The van der Waals surface area contributed by atoms with Gasteiger partial charge < -0.3 is 10.4 Å². The van der Waals surface area contributed by atoms with Gasteiger partial charge in [-0.3, -0.25) is 4.79 Å². The van der Waals surface area contributed by atoms with Gasteiger partial charge in [-0.05, 0) is 26.0 Å². The molecule has 0 aliphatic carbocycles. The van der Waals surface area contributed by atoms with E-state index < -0.39 is 24.5 Å². The smallest absolute Gasteiger partial charge is 0.391 e. The molecule has 0 aliphatic rings. The van der Waals surface area contributed by atoms with Crippen molar-refractivity contribution in [1.82, 2.24) is 5.32 Å². The first-order valence-electron chi connectivity index (χ1n) is 5.37. The Morgan fingerprint density at radius 3 is 2.61 bits per heavy atom. The van der Waals surface area contributed by atoms with Crippen molar-refractivity contribution in [1.29, 1.82) is 0 Å². The molecular weight excluding hydrogens is 247 g/mol. The van der Waals surface area contributed by atoms with Crippen LogP contribution in [0.5, 0.6) is 5.75 Å². The van der Waals surface area contributed by atoms with E-state index in [1.54, 1.807) is 0 Å². The molecule has 2 N–H and O–H groups in total. The number of phenolic OH excluding ortho intramolecular Hbond substituents is 1. The SMILES string of the molecule is Cc1c(O)cccc1C(=O)NC(C)CC(F)(F)F. The molecule has 0 spiro atoms. The summed E-state index contributed by atoms with van der Waals surface area (Å²) in [4.78, 5) is 11.7. The highest BCUT2D eigenvalue weighted by molar-refractivity contribution is 5.96. The summed E-state index contributed by atoms with van der Waals surface area (Å²) in [6.45, 7) is 2.81. The molecule has 0 bridgehead atoms. The quantitative estimate of drug-likeness (QED) is 0.879. The Morgan fingerprint density at radius 1 is 1.44 bits per heavy atom. The van der Waals surface area contributed by atoms with E-state index in [9.17, 15) is 23.1 Å². The van der Waals surface area contributed by atoms with Gasteiger partial charge in [0.25, 0.3) is 5.91 Å². The number of halogens is 3. The molecule has 100 valence electrons. The van der Waals surface area contributed by atoms with Crippen LogP contribution in [-0.4, -0.2) is 23.2 Å². The zero-order chi connectivity index (χ0) is 13.9. The predicted molar refractivity (Wildman–Crippen MR) is 60.4 cm³/mol. The van der Waals surface area contributed by atoms with Gasteiger partial charge in [0.15, 0.2) is 0 Å². The van der Waals surface area contributed by atoms with E-state index in [0.717, 1.165) is 0 Å². The lowest BCUT2D eigenvalue weighted by Crippen LogP contribution is -2.36. The summed E-state index contributed by atoms with van der Waals surface area (Å²) in [5.41, 5.74) is 0.512. The van der Waals surface area contributed by atoms with Crippen LogP contribution in [0.25, 0.3) is 0 Å². The van der Waals surface area contributed by atoms with Crippen molar-refractivity contribution >= 4 is 5.91 Å². The average molecular weight is 261 g/mol. The van der Waals surface area contributed by atoms with Crippen LogP contribution in [0.1, 0.15) is 29.3 Å². The summed E-state index contributed by atoms with van der Waals surface area (Å²) >= 11 is 0. The van der Waals surface area contributed by atoms with E-state index >= 15 is 0 Å². The van der Waals surface area contributed by atoms with Crippen molar-refractivity contribution in [3.8, 4) is 5.75 Å². The third kappa shape index (κ3) is 3.94. The van der Waals surface area contributed by atoms with E-state index in [2.05, 4.69) is 5.32 Å². The molecule has 1 aromatic rings. The number of phenols is 1. The number of carbonyl (C=O) groups is 1. The van der Waals surface area contributed by atoms with Gasteiger partial charge in [0.05, 0.1) is 6.42 Å². The second-order valence-electron chi connectivity index (χ2n) is 4.14. The molecule has 6 heteroatoms. The fraction of sp³-hybridized carbons (Fsp3) is 0.417. The normalized spacial score (nSPS) is 13.2. The molecule has 1 rings (SSSR count). The summed E-state index contributed by atoms with van der Waals surface area (Å²) in [7, 11) is 0. The number of aromatic hydroxyl groups is 1. The van der Waals surface area contributed by atoms with Crippen LogP contribution in [0.2, 0.25) is 0 Å². The van der Waals surface area contributed by atoms with Crippen LogP contribution in [-0.2, 0) is 0 Å². The second-order valence-corrected chi connectivity index (χ2v) is 4.14. The molecule has 3 nitrogen and oxygen atoms in total. The van der Waals surface area contributed by atoms with E-state index in [0.29, 0.717) is 5.56 Å². The number of amides is 1. The molecule has 18 heavy (non-hydrogen) atoms. The summed E-state index contributed by atoms with van der Waals surface area (Å²) in [5, 5.41) is 11.7. The van der Waals surface area contributed by atoms with Crippen LogP contribution in [0.15, 0.2) is 18.2 Å². The van der Waals surface area contributed by atoms with Crippen molar-refractivity contribution in [3.05, 3.63) is 29.3 Å². The van der Waals surface area contributed by atoms with Crippen LogP contribution in [0, 0.1) is 6.92 Å². The average Bonchev–Trinajstić information content (AvgIpc) is 2.18. The topological polar surface area (TPSA) is 49.3 Å². The fourth-order valence-electron chi connectivity index (χ4n) is 1.57. The Morgan fingerprint density at radius 2 is 2.06 bits per heavy atom. The van der Waals surface area contributed by atoms with E-state index in [1.807, 2.05) is 0 Å². The van der Waals surface area contributed by atoms with Crippen LogP contribution >= 0.6 is 0 Å². The lowest BCUT2D eigenvalue weighted by molar-refractivity contribution is -0.138. The molecule has 0 aromatic heterocycles. The summed E-state index contributed by atoms with van der Waals surface area (Å²) in [5.74, 6) is -0.689. The van der Waals surface area contributed by atoms with Gasteiger partial charge in [0.2, 0.25) is 0 Å². The second kappa shape index (κ2) is 5.29. The van der Waals surface area contributed by atoms with Crippen molar-refractivity contribution in [2.24, 2.45) is 0 Å². The zero-order valence-corrected chi connectivity index (χ0v) is 10.0.